The van der Waals surface area contributed by atoms with Crippen molar-refractivity contribution < 1.29 is 22.7 Å². The lowest BCUT2D eigenvalue weighted by molar-refractivity contribution is 0.0783. The average Bonchev–Trinajstić information content (AvgIpc) is 2.17. The number of sulfone groups is 1. The van der Waals surface area contributed by atoms with Gasteiger partial charge in [0.15, 0.2) is 9.84 Å². The summed E-state index contributed by atoms with van der Waals surface area (Å²) in [6.45, 7) is -0.0749. The van der Waals surface area contributed by atoms with Crippen LogP contribution in [0, 0.1) is 5.82 Å². The van der Waals surface area contributed by atoms with Gasteiger partial charge in [-0.25, -0.2) is 12.8 Å². The predicted octanol–water partition coefficient (Wildman–Crippen LogP) is 0.607. The molecular formula is C10H13FO4S. The van der Waals surface area contributed by atoms with E-state index in [2.05, 4.69) is 4.74 Å². The van der Waals surface area contributed by atoms with E-state index >= 15 is 0 Å². The number of halogens is 1. The number of benzene rings is 1. The third-order valence-corrected chi connectivity index (χ3v) is 3.72. The summed E-state index contributed by atoms with van der Waals surface area (Å²) in [5, 5.41) is 9.32. The molecule has 1 aromatic rings. The zero-order chi connectivity index (χ0) is 12.2. The standard InChI is InChI=1S/C10H13FO4S/c1-15-6-9(12)7-16(13,14)10-4-2-3-8(11)5-10/h2-5,9,12H,6-7H2,1H3. The van der Waals surface area contributed by atoms with Crippen molar-refractivity contribution in [3.05, 3.63) is 30.1 Å². The van der Waals surface area contributed by atoms with E-state index in [4.69, 9.17) is 0 Å². The van der Waals surface area contributed by atoms with Crippen LogP contribution in [0.5, 0.6) is 0 Å². The van der Waals surface area contributed by atoms with E-state index in [-0.39, 0.29) is 11.5 Å². The van der Waals surface area contributed by atoms with Crippen molar-refractivity contribution in [2.24, 2.45) is 0 Å². The average molecular weight is 248 g/mol. The van der Waals surface area contributed by atoms with Crippen LogP contribution in [0.4, 0.5) is 4.39 Å². The molecule has 6 heteroatoms. The Kier molecular flexibility index (Phi) is 4.40. The maximum atomic E-state index is 12.8. The number of ether oxygens (including phenoxy) is 1. The molecule has 90 valence electrons. The van der Waals surface area contributed by atoms with E-state index in [1.54, 1.807) is 0 Å². The molecule has 1 N–H and O–H groups in total. The van der Waals surface area contributed by atoms with E-state index < -0.39 is 27.5 Å². The molecule has 1 unspecified atom stereocenters. The highest BCUT2D eigenvalue weighted by molar-refractivity contribution is 7.91. The zero-order valence-corrected chi connectivity index (χ0v) is 9.58. The lowest BCUT2D eigenvalue weighted by Crippen LogP contribution is -2.25. The van der Waals surface area contributed by atoms with E-state index in [9.17, 15) is 17.9 Å². The smallest absolute Gasteiger partial charge is 0.181 e. The fraction of sp³-hybridized carbons (Fsp3) is 0.400. The van der Waals surface area contributed by atoms with Crippen LogP contribution in [-0.4, -0.2) is 39.1 Å². The highest BCUT2D eigenvalue weighted by Gasteiger charge is 2.19. The van der Waals surface area contributed by atoms with Crippen LogP contribution >= 0.6 is 0 Å². The molecule has 1 aromatic carbocycles. The third-order valence-electron chi connectivity index (χ3n) is 1.93. The van der Waals surface area contributed by atoms with E-state index in [1.165, 1.54) is 19.2 Å². The Morgan fingerprint density at radius 1 is 1.50 bits per heavy atom. The second-order valence-corrected chi connectivity index (χ2v) is 5.38. The number of aliphatic hydroxyl groups is 1. The molecule has 0 saturated carbocycles. The number of hydrogen-bond donors (Lipinski definition) is 1. The summed E-state index contributed by atoms with van der Waals surface area (Å²) in [4.78, 5) is -0.136. The Morgan fingerprint density at radius 3 is 2.75 bits per heavy atom. The number of methoxy groups -OCH3 is 1. The number of aliphatic hydroxyl groups excluding tert-OH is 1. The molecule has 1 rings (SSSR count). The highest BCUT2D eigenvalue weighted by atomic mass is 32.2. The summed E-state index contributed by atoms with van der Waals surface area (Å²) < 4.78 is 40.8. The molecule has 0 aliphatic heterocycles. The van der Waals surface area contributed by atoms with Crippen LogP contribution in [0.25, 0.3) is 0 Å². The van der Waals surface area contributed by atoms with Gasteiger partial charge in [0.05, 0.1) is 23.4 Å². The molecule has 0 bridgehead atoms. The van der Waals surface area contributed by atoms with Crippen molar-refractivity contribution >= 4 is 9.84 Å². The minimum absolute atomic E-state index is 0.0749. The molecule has 0 aliphatic rings. The van der Waals surface area contributed by atoms with Gasteiger partial charge in [-0.3, -0.25) is 0 Å². The molecule has 0 radical (unpaired) electrons. The third kappa shape index (κ3) is 3.55. The Hall–Kier alpha value is -0.980. The topological polar surface area (TPSA) is 63.6 Å². The zero-order valence-electron chi connectivity index (χ0n) is 8.76. The fourth-order valence-electron chi connectivity index (χ4n) is 1.25. The molecule has 0 aliphatic carbocycles. The first kappa shape index (κ1) is 13.1. The molecule has 0 aromatic heterocycles. The van der Waals surface area contributed by atoms with Crippen LogP contribution < -0.4 is 0 Å². The summed E-state index contributed by atoms with van der Waals surface area (Å²) in [5.74, 6) is -1.10. The molecule has 16 heavy (non-hydrogen) atoms. The van der Waals surface area contributed by atoms with Crippen LogP contribution in [0.15, 0.2) is 29.2 Å². The summed E-state index contributed by atoms with van der Waals surface area (Å²) in [6.07, 6.45) is -1.11. The van der Waals surface area contributed by atoms with Crippen molar-refractivity contribution in [3.8, 4) is 0 Å². The van der Waals surface area contributed by atoms with Crippen molar-refractivity contribution in [3.63, 3.8) is 0 Å². The van der Waals surface area contributed by atoms with Crippen LogP contribution in [0.3, 0.4) is 0 Å². The highest BCUT2D eigenvalue weighted by Crippen LogP contribution is 2.13. The first-order chi connectivity index (χ1) is 7.45. The summed E-state index contributed by atoms with van der Waals surface area (Å²) in [7, 11) is -2.32. The van der Waals surface area contributed by atoms with Crippen LogP contribution in [-0.2, 0) is 14.6 Å². The normalized spacial score (nSPS) is 13.7. The lowest BCUT2D eigenvalue weighted by atomic mass is 10.3. The van der Waals surface area contributed by atoms with Gasteiger partial charge in [0.1, 0.15) is 5.82 Å². The summed E-state index contributed by atoms with van der Waals surface area (Å²) in [6, 6.07) is 4.68. The second kappa shape index (κ2) is 5.38. The van der Waals surface area contributed by atoms with Crippen molar-refractivity contribution in [2.45, 2.75) is 11.0 Å². The maximum Gasteiger partial charge on any atom is 0.181 e. The van der Waals surface area contributed by atoms with Gasteiger partial charge < -0.3 is 9.84 Å². The molecule has 0 heterocycles. The molecule has 0 fully saturated rings. The van der Waals surface area contributed by atoms with Gasteiger partial charge in [-0.05, 0) is 18.2 Å². The van der Waals surface area contributed by atoms with Gasteiger partial charge in [-0.2, -0.15) is 0 Å². The minimum atomic E-state index is -3.67. The Bertz CT molecular complexity index is 444. The van der Waals surface area contributed by atoms with Crippen molar-refractivity contribution in [2.75, 3.05) is 19.5 Å². The molecule has 0 saturated heterocycles. The fourth-order valence-corrected chi connectivity index (χ4v) is 2.62. The predicted molar refractivity (Wildman–Crippen MR) is 56.3 cm³/mol. The Labute approximate surface area is 93.6 Å². The second-order valence-electron chi connectivity index (χ2n) is 3.35. The number of rotatable bonds is 5. The Morgan fingerprint density at radius 2 is 2.19 bits per heavy atom. The molecule has 0 amide bonds. The van der Waals surface area contributed by atoms with Crippen molar-refractivity contribution in [1.82, 2.24) is 0 Å². The molecule has 0 spiro atoms. The lowest BCUT2D eigenvalue weighted by Gasteiger charge is -2.10. The monoisotopic (exact) mass is 248 g/mol. The summed E-state index contributed by atoms with van der Waals surface area (Å²) in [5.41, 5.74) is 0. The van der Waals surface area contributed by atoms with E-state index in [0.717, 1.165) is 12.1 Å². The first-order valence-electron chi connectivity index (χ1n) is 4.61. The van der Waals surface area contributed by atoms with Crippen molar-refractivity contribution in [1.29, 1.82) is 0 Å². The van der Waals surface area contributed by atoms with Crippen LogP contribution in [0.1, 0.15) is 0 Å². The maximum absolute atomic E-state index is 12.8. The van der Waals surface area contributed by atoms with Gasteiger partial charge >= 0.3 is 0 Å². The van der Waals surface area contributed by atoms with Crippen LogP contribution in [0.2, 0.25) is 0 Å². The molecule has 1 atom stereocenters. The van der Waals surface area contributed by atoms with Gasteiger partial charge in [0.2, 0.25) is 0 Å². The van der Waals surface area contributed by atoms with Gasteiger partial charge in [0.25, 0.3) is 0 Å². The summed E-state index contributed by atoms with van der Waals surface area (Å²) >= 11 is 0. The van der Waals surface area contributed by atoms with Gasteiger partial charge in [0, 0.05) is 7.11 Å². The minimum Gasteiger partial charge on any atom is -0.390 e. The van der Waals surface area contributed by atoms with E-state index in [0.29, 0.717) is 0 Å². The molecule has 4 nitrogen and oxygen atoms in total. The van der Waals surface area contributed by atoms with Gasteiger partial charge in [-0.15, -0.1) is 0 Å². The first-order valence-corrected chi connectivity index (χ1v) is 6.26. The van der Waals surface area contributed by atoms with E-state index in [1.807, 2.05) is 0 Å². The quantitative estimate of drug-likeness (QED) is 0.829. The largest absolute Gasteiger partial charge is 0.390 e. The SMILES string of the molecule is COCC(O)CS(=O)(=O)c1cccc(F)c1. The Balaban J connectivity index is 2.86. The van der Waals surface area contributed by atoms with Gasteiger partial charge in [-0.1, -0.05) is 6.07 Å². The molecular weight excluding hydrogens is 235 g/mol. The number of hydrogen-bond acceptors (Lipinski definition) is 4.